The van der Waals surface area contributed by atoms with Crippen molar-refractivity contribution in [3.8, 4) is 0 Å². The summed E-state index contributed by atoms with van der Waals surface area (Å²) >= 11 is 3.19. The first-order chi connectivity index (χ1) is 8.36. The quantitative estimate of drug-likeness (QED) is 0.648. The van der Waals surface area contributed by atoms with Crippen molar-refractivity contribution in [3.63, 3.8) is 0 Å². The monoisotopic (exact) mass is 338 g/mol. The molecule has 8 heteroatoms. The molecule has 0 spiro atoms. The van der Waals surface area contributed by atoms with Gasteiger partial charge in [-0.25, -0.2) is 13.1 Å². The van der Waals surface area contributed by atoms with Gasteiger partial charge in [-0.2, -0.15) is 0 Å². The average Bonchev–Trinajstić information content (AvgIpc) is 2.26. The maximum Gasteiger partial charge on any atom is 0.242 e. The van der Waals surface area contributed by atoms with E-state index in [1.807, 2.05) is 0 Å². The number of nitrogens with two attached hydrogens (primary N) is 1. The van der Waals surface area contributed by atoms with Gasteiger partial charge in [0.15, 0.2) is 0 Å². The number of rotatable bonds is 6. The van der Waals surface area contributed by atoms with Crippen LogP contribution in [0.1, 0.15) is 0 Å². The summed E-state index contributed by atoms with van der Waals surface area (Å²) in [5, 5.41) is 9.38. The van der Waals surface area contributed by atoms with E-state index in [2.05, 4.69) is 20.7 Å². The Bertz CT molecular complexity index is 507. The first-order valence-corrected chi connectivity index (χ1v) is 7.36. The third kappa shape index (κ3) is 4.21. The molecule has 0 fully saturated rings. The number of nitrogens with one attached hydrogen (secondary N) is 1. The van der Waals surface area contributed by atoms with Gasteiger partial charge in [0, 0.05) is 18.1 Å². The maximum atomic E-state index is 11.9. The molecule has 4 N–H and O–H groups in total. The molecule has 1 rings (SSSR count). The molecule has 1 atom stereocenters. The highest BCUT2D eigenvalue weighted by Crippen LogP contribution is 2.22. The number of sulfonamides is 1. The Kier molecular flexibility index (Phi) is 5.54. The minimum atomic E-state index is -3.73. The van der Waals surface area contributed by atoms with Crippen molar-refractivity contribution in [3.05, 3.63) is 22.7 Å². The molecular formula is C10H15BrN2O4S. The van der Waals surface area contributed by atoms with E-state index in [1.165, 1.54) is 19.2 Å². The van der Waals surface area contributed by atoms with Crippen LogP contribution in [0.15, 0.2) is 27.6 Å². The van der Waals surface area contributed by atoms with E-state index >= 15 is 0 Å². The van der Waals surface area contributed by atoms with Crippen LogP contribution in [0, 0.1) is 0 Å². The van der Waals surface area contributed by atoms with Crippen molar-refractivity contribution < 1.29 is 18.3 Å². The van der Waals surface area contributed by atoms with Gasteiger partial charge in [-0.15, -0.1) is 0 Å². The zero-order valence-corrected chi connectivity index (χ0v) is 12.2. The van der Waals surface area contributed by atoms with Gasteiger partial charge in [0.1, 0.15) is 4.90 Å². The molecule has 102 valence electrons. The summed E-state index contributed by atoms with van der Waals surface area (Å²) in [7, 11) is -2.31. The zero-order chi connectivity index (χ0) is 13.8. The molecule has 1 unspecified atom stereocenters. The molecule has 0 bridgehead atoms. The van der Waals surface area contributed by atoms with Gasteiger partial charge in [0.2, 0.25) is 10.0 Å². The van der Waals surface area contributed by atoms with E-state index < -0.39 is 16.1 Å². The van der Waals surface area contributed by atoms with Crippen LogP contribution in [0.2, 0.25) is 0 Å². The molecule has 0 amide bonds. The third-order valence-corrected chi connectivity index (χ3v) is 4.12. The van der Waals surface area contributed by atoms with Gasteiger partial charge in [0.05, 0.1) is 18.4 Å². The molecule has 0 aliphatic carbocycles. The summed E-state index contributed by atoms with van der Waals surface area (Å²) in [6.45, 7) is -0.0793. The lowest BCUT2D eigenvalue weighted by atomic mass is 10.3. The highest BCUT2D eigenvalue weighted by Gasteiger charge is 2.18. The second-order valence-corrected chi connectivity index (χ2v) is 6.29. The lowest BCUT2D eigenvalue weighted by Gasteiger charge is -2.12. The van der Waals surface area contributed by atoms with E-state index in [0.29, 0.717) is 4.47 Å². The number of anilines is 1. The summed E-state index contributed by atoms with van der Waals surface area (Å²) in [6.07, 6.45) is -0.901. The van der Waals surface area contributed by atoms with Crippen molar-refractivity contribution in [2.24, 2.45) is 0 Å². The van der Waals surface area contributed by atoms with Crippen molar-refractivity contribution in [2.45, 2.75) is 11.0 Å². The summed E-state index contributed by atoms with van der Waals surface area (Å²) in [5.41, 5.74) is 5.77. The summed E-state index contributed by atoms with van der Waals surface area (Å²) < 4.78 is 31.5. The number of methoxy groups -OCH3 is 1. The van der Waals surface area contributed by atoms with Crippen LogP contribution < -0.4 is 10.5 Å². The zero-order valence-electron chi connectivity index (χ0n) is 9.76. The van der Waals surface area contributed by atoms with Crippen LogP contribution >= 0.6 is 15.9 Å². The van der Waals surface area contributed by atoms with Crippen LogP contribution in [0.25, 0.3) is 0 Å². The molecule has 0 aliphatic heterocycles. The molecule has 18 heavy (non-hydrogen) atoms. The lowest BCUT2D eigenvalue weighted by molar-refractivity contribution is 0.0679. The Morgan fingerprint density at radius 3 is 2.78 bits per heavy atom. The fourth-order valence-corrected chi connectivity index (χ4v) is 2.86. The number of aliphatic hydroxyl groups excluding tert-OH is 1. The SMILES string of the molecule is COCC(O)CNS(=O)(=O)c1ccc(Br)cc1N. The van der Waals surface area contributed by atoms with Crippen LogP contribution in [-0.4, -0.2) is 39.9 Å². The molecule has 0 saturated heterocycles. The number of ether oxygens (including phenoxy) is 1. The highest BCUT2D eigenvalue weighted by molar-refractivity contribution is 9.10. The van der Waals surface area contributed by atoms with E-state index in [4.69, 9.17) is 10.5 Å². The Morgan fingerprint density at radius 2 is 2.22 bits per heavy atom. The molecule has 0 saturated carbocycles. The van der Waals surface area contributed by atoms with E-state index in [0.717, 1.165) is 0 Å². The molecule has 6 nitrogen and oxygen atoms in total. The topological polar surface area (TPSA) is 102 Å². The van der Waals surface area contributed by atoms with Crippen molar-refractivity contribution in [1.29, 1.82) is 0 Å². The van der Waals surface area contributed by atoms with Crippen LogP contribution in [0.3, 0.4) is 0 Å². The van der Waals surface area contributed by atoms with Crippen LogP contribution in [0.4, 0.5) is 5.69 Å². The van der Waals surface area contributed by atoms with Gasteiger partial charge in [0.25, 0.3) is 0 Å². The molecule has 0 aromatic heterocycles. The smallest absolute Gasteiger partial charge is 0.242 e. The molecule has 1 aromatic rings. The number of nitrogen functional groups attached to an aromatic ring is 1. The number of hydrogen-bond acceptors (Lipinski definition) is 5. The second kappa shape index (κ2) is 6.48. The fraction of sp³-hybridized carbons (Fsp3) is 0.400. The van der Waals surface area contributed by atoms with Gasteiger partial charge < -0.3 is 15.6 Å². The predicted octanol–water partition coefficient (Wildman–Crippen LogP) is 0.317. The Labute approximate surface area is 114 Å². The average molecular weight is 339 g/mol. The minimum absolute atomic E-state index is 0.0182. The summed E-state index contributed by atoms with van der Waals surface area (Å²) in [5.74, 6) is 0. The van der Waals surface area contributed by atoms with E-state index in [1.54, 1.807) is 6.07 Å². The molecule has 0 heterocycles. The summed E-state index contributed by atoms with van der Waals surface area (Å²) in [4.78, 5) is -0.0182. The molecule has 0 aliphatic rings. The lowest BCUT2D eigenvalue weighted by Crippen LogP contribution is -2.34. The first-order valence-electron chi connectivity index (χ1n) is 5.08. The van der Waals surface area contributed by atoms with E-state index in [9.17, 15) is 13.5 Å². The largest absolute Gasteiger partial charge is 0.398 e. The van der Waals surface area contributed by atoms with Crippen LogP contribution in [-0.2, 0) is 14.8 Å². The Balaban J connectivity index is 2.80. The maximum absolute atomic E-state index is 11.9. The van der Waals surface area contributed by atoms with Gasteiger partial charge in [-0.05, 0) is 18.2 Å². The highest BCUT2D eigenvalue weighted by atomic mass is 79.9. The number of benzene rings is 1. The number of hydrogen-bond donors (Lipinski definition) is 3. The van der Waals surface area contributed by atoms with Crippen molar-refractivity contribution in [2.75, 3.05) is 26.0 Å². The van der Waals surface area contributed by atoms with Crippen molar-refractivity contribution in [1.82, 2.24) is 4.72 Å². The van der Waals surface area contributed by atoms with Gasteiger partial charge in [-0.3, -0.25) is 0 Å². The second-order valence-electron chi connectivity index (χ2n) is 3.64. The van der Waals surface area contributed by atoms with Crippen LogP contribution in [0.5, 0.6) is 0 Å². The Hall–Kier alpha value is -0.670. The number of halogens is 1. The van der Waals surface area contributed by atoms with Gasteiger partial charge >= 0.3 is 0 Å². The molecule has 0 radical (unpaired) electrons. The van der Waals surface area contributed by atoms with Crippen molar-refractivity contribution >= 4 is 31.6 Å². The number of aliphatic hydroxyl groups is 1. The normalized spacial score (nSPS) is 13.5. The minimum Gasteiger partial charge on any atom is -0.398 e. The standard InChI is InChI=1S/C10H15BrN2O4S/c1-17-6-8(14)5-13-18(15,16)10-3-2-7(11)4-9(10)12/h2-4,8,13-14H,5-6,12H2,1H3. The third-order valence-electron chi connectivity index (χ3n) is 2.13. The molecular weight excluding hydrogens is 324 g/mol. The van der Waals surface area contributed by atoms with Gasteiger partial charge in [-0.1, -0.05) is 15.9 Å². The predicted molar refractivity (Wildman–Crippen MR) is 71.6 cm³/mol. The first kappa shape index (κ1) is 15.4. The Morgan fingerprint density at radius 1 is 1.56 bits per heavy atom. The fourth-order valence-electron chi connectivity index (χ4n) is 1.30. The summed E-state index contributed by atoms with van der Waals surface area (Å²) in [6, 6.07) is 4.47. The molecule has 1 aromatic carbocycles. The van der Waals surface area contributed by atoms with E-state index in [-0.39, 0.29) is 23.7 Å².